The van der Waals surface area contributed by atoms with Gasteiger partial charge in [-0.05, 0) is 20.3 Å². The van der Waals surface area contributed by atoms with Gasteiger partial charge in [-0.15, -0.1) is 0 Å². The average Bonchev–Trinajstić information content (AvgIpc) is 2.11. The minimum atomic E-state index is -0.322. The Morgan fingerprint density at radius 1 is 1.31 bits per heavy atom. The lowest BCUT2D eigenvalue weighted by molar-refractivity contribution is -0.116. The van der Waals surface area contributed by atoms with E-state index in [4.69, 9.17) is 5.73 Å². The van der Waals surface area contributed by atoms with Gasteiger partial charge in [0.1, 0.15) is 0 Å². The van der Waals surface area contributed by atoms with Crippen LogP contribution in [0, 0.1) is 0 Å². The fourth-order valence-corrected chi connectivity index (χ4v) is 1.23. The highest BCUT2D eigenvalue weighted by Crippen LogP contribution is 2.05. The summed E-state index contributed by atoms with van der Waals surface area (Å²) in [7, 11) is 0. The zero-order valence-electron chi connectivity index (χ0n) is 8.84. The van der Waals surface area contributed by atoms with Gasteiger partial charge in [0.15, 0.2) is 0 Å². The third kappa shape index (κ3) is 3.97. The number of primary amides is 1. The Hall–Kier alpha value is -0.990. The van der Waals surface area contributed by atoms with Crippen molar-refractivity contribution >= 4 is 5.91 Å². The molecule has 0 bridgehead atoms. The molecule has 0 spiro atoms. The van der Waals surface area contributed by atoms with E-state index >= 15 is 0 Å². The fourth-order valence-electron chi connectivity index (χ4n) is 1.23. The van der Waals surface area contributed by atoms with Gasteiger partial charge in [-0.3, -0.25) is 4.79 Å². The molecule has 0 heterocycles. The summed E-state index contributed by atoms with van der Waals surface area (Å²) in [4.78, 5) is 13.1. The molecule has 0 aliphatic rings. The highest BCUT2D eigenvalue weighted by molar-refractivity contribution is 5.91. The molecule has 0 rings (SSSR count). The third-order valence-electron chi connectivity index (χ3n) is 1.98. The molecular weight excluding hydrogens is 164 g/mol. The SMILES string of the molecule is CCC/C=C(\C(N)=O)N(CC)CC. The van der Waals surface area contributed by atoms with Gasteiger partial charge in [0.25, 0.3) is 5.91 Å². The summed E-state index contributed by atoms with van der Waals surface area (Å²) in [5.74, 6) is -0.322. The summed E-state index contributed by atoms with van der Waals surface area (Å²) in [6, 6.07) is 0. The molecule has 2 N–H and O–H groups in total. The van der Waals surface area contributed by atoms with Crippen LogP contribution in [0.3, 0.4) is 0 Å². The molecule has 0 atom stereocenters. The summed E-state index contributed by atoms with van der Waals surface area (Å²) in [5.41, 5.74) is 5.94. The first-order valence-corrected chi connectivity index (χ1v) is 4.92. The number of nitrogens with two attached hydrogens (primary N) is 1. The molecule has 3 nitrogen and oxygen atoms in total. The third-order valence-corrected chi connectivity index (χ3v) is 1.98. The van der Waals surface area contributed by atoms with Gasteiger partial charge < -0.3 is 10.6 Å². The number of likely N-dealkylation sites (N-methyl/N-ethyl adjacent to an activating group) is 1. The Bertz CT molecular complexity index is 183. The van der Waals surface area contributed by atoms with Crippen LogP contribution in [-0.4, -0.2) is 23.9 Å². The van der Waals surface area contributed by atoms with E-state index in [0.717, 1.165) is 25.9 Å². The highest BCUT2D eigenvalue weighted by Gasteiger charge is 2.10. The van der Waals surface area contributed by atoms with E-state index in [2.05, 4.69) is 6.92 Å². The molecule has 0 fully saturated rings. The lowest BCUT2D eigenvalue weighted by atomic mass is 10.2. The minimum Gasteiger partial charge on any atom is -0.368 e. The highest BCUT2D eigenvalue weighted by atomic mass is 16.1. The van der Waals surface area contributed by atoms with Gasteiger partial charge in [0, 0.05) is 13.1 Å². The Morgan fingerprint density at radius 2 is 1.85 bits per heavy atom. The number of hydrogen-bond donors (Lipinski definition) is 1. The predicted molar refractivity (Wildman–Crippen MR) is 55.1 cm³/mol. The zero-order chi connectivity index (χ0) is 10.3. The first-order chi connectivity index (χ1) is 6.17. The molecule has 0 saturated heterocycles. The van der Waals surface area contributed by atoms with Crippen LogP contribution in [-0.2, 0) is 4.79 Å². The van der Waals surface area contributed by atoms with Gasteiger partial charge in [-0.2, -0.15) is 0 Å². The Kier molecular flexibility index (Phi) is 6.02. The number of carbonyl (C=O) groups excluding carboxylic acids is 1. The molecule has 76 valence electrons. The lowest BCUT2D eigenvalue weighted by Gasteiger charge is -2.21. The molecular formula is C10H20N2O. The second-order valence-corrected chi connectivity index (χ2v) is 2.91. The molecule has 0 aromatic rings. The van der Waals surface area contributed by atoms with Gasteiger partial charge in [-0.1, -0.05) is 19.4 Å². The molecule has 0 aromatic heterocycles. The zero-order valence-corrected chi connectivity index (χ0v) is 8.84. The molecule has 0 aliphatic heterocycles. The molecule has 3 heteroatoms. The van der Waals surface area contributed by atoms with Gasteiger partial charge in [0.2, 0.25) is 0 Å². The number of carbonyl (C=O) groups is 1. The number of amides is 1. The second kappa shape index (κ2) is 6.52. The van der Waals surface area contributed by atoms with Gasteiger partial charge in [-0.25, -0.2) is 0 Å². The second-order valence-electron chi connectivity index (χ2n) is 2.91. The standard InChI is InChI=1S/C10H20N2O/c1-4-7-8-9(10(11)13)12(5-2)6-3/h8H,4-7H2,1-3H3,(H2,11,13)/b9-8+. The maximum absolute atomic E-state index is 11.1. The molecule has 0 aliphatic carbocycles. The number of hydrogen-bond acceptors (Lipinski definition) is 2. The van der Waals surface area contributed by atoms with Crippen LogP contribution < -0.4 is 5.73 Å². The van der Waals surface area contributed by atoms with Crippen molar-refractivity contribution in [3.05, 3.63) is 11.8 Å². The predicted octanol–water partition coefficient (Wildman–Crippen LogP) is 1.50. The van der Waals surface area contributed by atoms with Crippen molar-refractivity contribution in [3.8, 4) is 0 Å². The van der Waals surface area contributed by atoms with Crippen molar-refractivity contribution in [2.24, 2.45) is 5.73 Å². The summed E-state index contributed by atoms with van der Waals surface area (Å²) in [5, 5.41) is 0. The first-order valence-electron chi connectivity index (χ1n) is 4.92. The average molecular weight is 184 g/mol. The van der Waals surface area contributed by atoms with Crippen molar-refractivity contribution in [1.82, 2.24) is 4.90 Å². The van der Waals surface area contributed by atoms with Crippen LogP contribution in [0.25, 0.3) is 0 Å². The quantitative estimate of drug-likeness (QED) is 0.636. The van der Waals surface area contributed by atoms with Crippen LogP contribution in [0.4, 0.5) is 0 Å². The van der Waals surface area contributed by atoms with Crippen molar-refractivity contribution in [1.29, 1.82) is 0 Å². The summed E-state index contributed by atoms with van der Waals surface area (Å²) >= 11 is 0. The van der Waals surface area contributed by atoms with E-state index in [1.807, 2.05) is 24.8 Å². The Balaban J connectivity index is 4.47. The molecule has 13 heavy (non-hydrogen) atoms. The number of allylic oxidation sites excluding steroid dienone is 1. The molecule has 0 saturated carbocycles. The summed E-state index contributed by atoms with van der Waals surface area (Å²) < 4.78 is 0. The maximum Gasteiger partial charge on any atom is 0.264 e. The molecule has 0 unspecified atom stereocenters. The van der Waals surface area contributed by atoms with Crippen LogP contribution >= 0.6 is 0 Å². The van der Waals surface area contributed by atoms with Crippen molar-refractivity contribution < 1.29 is 4.79 Å². The van der Waals surface area contributed by atoms with Crippen LogP contribution in [0.15, 0.2) is 11.8 Å². The van der Waals surface area contributed by atoms with Gasteiger partial charge >= 0.3 is 0 Å². The van der Waals surface area contributed by atoms with E-state index in [-0.39, 0.29) is 5.91 Å². The normalized spacial score (nSPS) is 11.5. The Morgan fingerprint density at radius 3 is 2.15 bits per heavy atom. The lowest BCUT2D eigenvalue weighted by Crippen LogP contribution is -2.31. The fraction of sp³-hybridized carbons (Fsp3) is 0.700. The molecule has 1 amide bonds. The van der Waals surface area contributed by atoms with Crippen LogP contribution in [0.2, 0.25) is 0 Å². The van der Waals surface area contributed by atoms with Gasteiger partial charge in [0.05, 0.1) is 5.70 Å². The molecule has 0 radical (unpaired) electrons. The smallest absolute Gasteiger partial charge is 0.264 e. The first kappa shape index (κ1) is 12.0. The number of nitrogens with zero attached hydrogens (tertiary/aromatic N) is 1. The van der Waals surface area contributed by atoms with E-state index in [9.17, 15) is 4.79 Å². The number of unbranched alkanes of at least 4 members (excludes halogenated alkanes) is 1. The van der Waals surface area contributed by atoms with E-state index in [1.165, 1.54) is 0 Å². The van der Waals surface area contributed by atoms with E-state index in [1.54, 1.807) is 0 Å². The Labute approximate surface area is 80.6 Å². The number of rotatable bonds is 6. The van der Waals surface area contributed by atoms with E-state index in [0.29, 0.717) is 5.70 Å². The van der Waals surface area contributed by atoms with E-state index < -0.39 is 0 Å². The maximum atomic E-state index is 11.1. The van der Waals surface area contributed by atoms with Crippen LogP contribution in [0.5, 0.6) is 0 Å². The monoisotopic (exact) mass is 184 g/mol. The summed E-state index contributed by atoms with van der Waals surface area (Å²) in [6.07, 6.45) is 3.88. The van der Waals surface area contributed by atoms with Crippen LogP contribution in [0.1, 0.15) is 33.6 Å². The summed E-state index contributed by atoms with van der Waals surface area (Å²) in [6.45, 7) is 7.78. The van der Waals surface area contributed by atoms with Crippen molar-refractivity contribution in [2.75, 3.05) is 13.1 Å². The van der Waals surface area contributed by atoms with Crippen molar-refractivity contribution in [2.45, 2.75) is 33.6 Å². The molecule has 0 aromatic carbocycles. The topological polar surface area (TPSA) is 46.3 Å². The van der Waals surface area contributed by atoms with Crippen molar-refractivity contribution in [3.63, 3.8) is 0 Å². The minimum absolute atomic E-state index is 0.322. The largest absolute Gasteiger partial charge is 0.368 e.